The summed E-state index contributed by atoms with van der Waals surface area (Å²) in [6.07, 6.45) is -2.75. The van der Waals surface area contributed by atoms with Gasteiger partial charge in [0.15, 0.2) is 0 Å². The minimum atomic E-state index is -1.93. The molecule has 2 N–H and O–H groups in total. The molecule has 0 atom stereocenters. The van der Waals surface area contributed by atoms with Crippen LogP contribution in [0.25, 0.3) is 0 Å². The molecule has 12 heavy (non-hydrogen) atoms. The number of carbonyl (C=O) groups is 1. The molecule has 0 saturated heterocycles. The van der Waals surface area contributed by atoms with Crippen LogP contribution in [0.3, 0.4) is 0 Å². The smallest absolute Gasteiger partial charge is 0.370 e. The van der Waals surface area contributed by atoms with Gasteiger partial charge in [0.1, 0.15) is 0 Å². The fraction of sp³-hybridized carbons (Fsp3) is 0.750. The lowest BCUT2D eigenvalue weighted by Crippen LogP contribution is -2.30. The van der Waals surface area contributed by atoms with E-state index in [0.29, 0.717) is 0 Å². The Hall–Kier alpha value is -1.73. The molecule has 1 amide bonds. The normalized spacial score (nSPS) is 9.75. The van der Waals surface area contributed by atoms with Gasteiger partial charge in [0.2, 0.25) is 5.91 Å². The lowest BCUT2D eigenvalue weighted by Gasteiger charge is -1.98. The molecule has 0 aromatic heterocycles. The van der Waals surface area contributed by atoms with Crippen molar-refractivity contribution in [2.45, 2.75) is 19.0 Å². The number of carbonyl (C=O) groups excluding carboxylic acids is 1. The number of rotatable bonds is 5. The van der Waals surface area contributed by atoms with Gasteiger partial charge in [-0.25, -0.2) is 0 Å². The summed E-state index contributed by atoms with van der Waals surface area (Å²) >= 11 is 0. The summed E-state index contributed by atoms with van der Waals surface area (Å²) < 4.78 is 0. The molecule has 0 unspecified atom stereocenters. The fourth-order valence-electron chi connectivity index (χ4n) is 0.559. The maximum atomic E-state index is 10.1. The zero-order chi connectivity index (χ0) is 9.72. The Bertz CT molecular complexity index is 201. The Kier molecular flexibility index (Phi) is 3.60. The van der Waals surface area contributed by atoms with Crippen molar-refractivity contribution in [3.05, 3.63) is 20.2 Å². The van der Waals surface area contributed by atoms with Gasteiger partial charge in [-0.1, -0.05) is 0 Å². The average Bonchev–Trinajstić information content (AvgIpc) is 1.84. The summed E-state index contributed by atoms with van der Waals surface area (Å²) in [6.45, 7) is 0. The number of hydrogen-bond acceptors (Lipinski definition) is 5. The van der Waals surface area contributed by atoms with Gasteiger partial charge in [0.25, 0.3) is 0 Å². The molecule has 0 rings (SSSR count). The summed E-state index contributed by atoms with van der Waals surface area (Å²) in [5.41, 5.74) is 4.66. The third-order valence-electron chi connectivity index (χ3n) is 1.14. The van der Waals surface area contributed by atoms with Crippen molar-refractivity contribution >= 4 is 5.91 Å². The van der Waals surface area contributed by atoms with Gasteiger partial charge in [0.05, 0.1) is 16.3 Å². The van der Waals surface area contributed by atoms with Crippen LogP contribution in [0.15, 0.2) is 0 Å². The molecule has 8 nitrogen and oxygen atoms in total. The van der Waals surface area contributed by atoms with E-state index in [9.17, 15) is 25.0 Å². The lowest BCUT2D eigenvalue weighted by atomic mass is 10.2. The van der Waals surface area contributed by atoms with Crippen molar-refractivity contribution in [2.24, 2.45) is 5.73 Å². The Morgan fingerprint density at radius 1 is 1.33 bits per heavy atom. The highest BCUT2D eigenvalue weighted by Gasteiger charge is 2.31. The van der Waals surface area contributed by atoms with Crippen molar-refractivity contribution < 1.29 is 14.6 Å². The van der Waals surface area contributed by atoms with Gasteiger partial charge in [-0.2, -0.15) is 0 Å². The molecular formula is C4H7N3O5. The van der Waals surface area contributed by atoms with Crippen molar-refractivity contribution in [3.8, 4) is 0 Å². The summed E-state index contributed by atoms with van der Waals surface area (Å²) in [7, 11) is 0. The summed E-state index contributed by atoms with van der Waals surface area (Å²) in [4.78, 5) is 28.0. The molecule has 68 valence electrons. The van der Waals surface area contributed by atoms with Crippen molar-refractivity contribution in [3.63, 3.8) is 0 Å². The highest BCUT2D eigenvalue weighted by molar-refractivity contribution is 5.73. The van der Waals surface area contributed by atoms with Gasteiger partial charge in [0, 0.05) is 6.42 Å². The predicted octanol–water partition coefficient (Wildman–Crippen LogP) is -0.869. The number of hydrogen-bond donors (Lipinski definition) is 1. The molecule has 0 radical (unpaired) electrons. The highest BCUT2D eigenvalue weighted by atomic mass is 16.7. The van der Waals surface area contributed by atoms with Crippen LogP contribution in [0.5, 0.6) is 0 Å². The molecule has 0 aromatic carbocycles. The molecule has 0 saturated carbocycles. The second kappa shape index (κ2) is 4.21. The molecule has 0 aliphatic heterocycles. The number of primary amides is 1. The van der Waals surface area contributed by atoms with E-state index in [2.05, 4.69) is 5.73 Å². The largest absolute Gasteiger partial charge is 0.451 e. The van der Waals surface area contributed by atoms with Gasteiger partial charge in [-0.3, -0.25) is 25.0 Å². The molecule has 0 fully saturated rings. The quantitative estimate of drug-likeness (QED) is 0.331. The van der Waals surface area contributed by atoms with Crippen LogP contribution in [0.1, 0.15) is 12.8 Å². The topological polar surface area (TPSA) is 129 Å². The zero-order valence-corrected chi connectivity index (χ0v) is 6.00. The average molecular weight is 177 g/mol. The number of nitrogens with zero attached hydrogens (tertiary/aromatic N) is 2. The Morgan fingerprint density at radius 3 is 2.00 bits per heavy atom. The van der Waals surface area contributed by atoms with Crippen LogP contribution >= 0.6 is 0 Å². The van der Waals surface area contributed by atoms with E-state index in [1.807, 2.05) is 0 Å². The van der Waals surface area contributed by atoms with E-state index in [1.54, 1.807) is 0 Å². The first-order valence-electron chi connectivity index (χ1n) is 3.00. The van der Waals surface area contributed by atoms with Crippen LogP contribution in [-0.4, -0.2) is 21.9 Å². The first-order valence-corrected chi connectivity index (χ1v) is 3.00. The van der Waals surface area contributed by atoms with Crippen molar-refractivity contribution in [1.29, 1.82) is 0 Å². The number of amides is 1. The molecule has 8 heteroatoms. The van der Waals surface area contributed by atoms with Gasteiger partial charge < -0.3 is 5.73 Å². The van der Waals surface area contributed by atoms with E-state index in [0.717, 1.165) is 0 Å². The predicted molar refractivity (Wildman–Crippen MR) is 36.2 cm³/mol. The fourth-order valence-corrected chi connectivity index (χ4v) is 0.559. The Morgan fingerprint density at radius 2 is 1.75 bits per heavy atom. The second-order valence-electron chi connectivity index (χ2n) is 2.06. The number of nitro groups is 2. The molecule has 0 aliphatic rings. The Balaban J connectivity index is 4.06. The van der Waals surface area contributed by atoms with Gasteiger partial charge in [-0.05, 0) is 0 Å². The summed E-state index contributed by atoms with van der Waals surface area (Å²) in [6, 6.07) is 0. The molecule has 0 spiro atoms. The molecule has 0 heterocycles. The SMILES string of the molecule is NC(=O)CCC([N+](=O)[O-])[N+](=O)[O-]. The lowest BCUT2D eigenvalue weighted by molar-refractivity contribution is -0.742. The summed E-state index contributed by atoms with van der Waals surface area (Å²) in [5.74, 6) is -0.788. The minimum Gasteiger partial charge on any atom is -0.370 e. The van der Waals surface area contributed by atoms with Gasteiger partial charge in [-0.15, -0.1) is 0 Å². The zero-order valence-electron chi connectivity index (χ0n) is 6.00. The highest BCUT2D eigenvalue weighted by Crippen LogP contribution is 2.01. The monoisotopic (exact) mass is 177 g/mol. The standard InChI is InChI=1S/C4H7N3O5/c5-3(8)1-2-4(6(9)10)7(11)12/h4H,1-2H2,(H2,5,8). The first-order chi connectivity index (χ1) is 5.45. The molecule has 0 aromatic rings. The van der Waals surface area contributed by atoms with Crippen molar-refractivity contribution in [2.75, 3.05) is 0 Å². The maximum absolute atomic E-state index is 10.1. The third kappa shape index (κ3) is 3.44. The van der Waals surface area contributed by atoms with Crippen molar-refractivity contribution in [1.82, 2.24) is 0 Å². The van der Waals surface area contributed by atoms with Crippen LogP contribution in [0.4, 0.5) is 0 Å². The van der Waals surface area contributed by atoms with Crippen LogP contribution in [-0.2, 0) is 4.79 Å². The van der Waals surface area contributed by atoms with Crippen LogP contribution < -0.4 is 5.73 Å². The van der Waals surface area contributed by atoms with Crippen LogP contribution in [0.2, 0.25) is 0 Å². The molecule has 0 aliphatic carbocycles. The van der Waals surface area contributed by atoms with E-state index in [-0.39, 0.29) is 6.42 Å². The summed E-state index contributed by atoms with van der Waals surface area (Å²) in [5, 5.41) is 19.9. The second-order valence-corrected chi connectivity index (χ2v) is 2.06. The van der Waals surface area contributed by atoms with E-state index in [4.69, 9.17) is 0 Å². The molecule has 0 bridgehead atoms. The van der Waals surface area contributed by atoms with Gasteiger partial charge >= 0.3 is 6.17 Å². The van der Waals surface area contributed by atoms with E-state index in [1.165, 1.54) is 0 Å². The number of nitrogens with two attached hydrogens (primary N) is 1. The first kappa shape index (κ1) is 10.3. The molecular weight excluding hydrogens is 170 g/mol. The van der Waals surface area contributed by atoms with Crippen LogP contribution in [0, 0.1) is 20.2 Å². The van der Waals surface area contributed by atoms with E-state index >= 15 is 0 Å². The Labute approximate surface area is 66.6 Å². The van der Waals surface area contributed by atoms with E-state index < -0.39 is 28.3 Å². The third-order valence-corrected chi connectivity index (χ3v) is 1.14. The maximum Gasteiger partial charge on any atom is 0.451 e. The minimum absolute atomic E-state index is 0.355.